The second-order valence-corrected chi connectivity index (χ2v) is 2.59. The van der Waals surface area contributed by atoms with Crippen LogP contribution in [-0.2, 0) is 0 Å². The first-order valence-electron chi connectivity index (χ1n) is 2.76. The molecule has 0 saturated heterocycles. The Labute approximate surface area is 61.2 Å². The second kappa shape index (κ2) is 3.63. The van der Waals surface area contributed by atoms with Crippen LogP contribution in [0.25, 0.3) is 0 Å². The van der Waals surface area contributed by atoms with Gasteiger partial charge in [0.15, 0.2) is 5.11 Å². The van der Waals surface area contributed by atoms with Crippen molar-refractivity contribution < 1.29 is 0 Å². The fraction of sp³-hybridized carbons (Fsp3) is 0.800. The lowest BCUT2D eigenvalue weighted by atomic mass is 10.5. The molecule has 9 heavy (non-hydrogen) atoms. The van der Waals surface area contributed by atoms with Gasteiger partial charge in [0.1, 0.15) is 0 Å². The third kappa shape index (κ3) is 4.17. The minimum absolute atomic E-state index is 0.211. The number of rotatable bonds is 2. The molecule has 0 amide bonds. The lowest BCUT2D eigenvalue weighted by Crippen LogP contribution is -2.44. The number of thiocarbonyl (C=S) groups is 1. The van der Waals surface area contributed by atoms with Crippen LogP contribution in [0.5, 0.6) is 0 Å². The highest BCUT2D eigenvalue weighted by atomic mass is 32.1. The van der Waals surface area contributed by atoms with Gasteiger partial charge < -0.3 is 11.1 Å². The fourth-order valence-corrected chi connectivity index (χ4v) is 0.506. The van der Waals surface area contributed by atoms with Crippen LogP contribution in [0.15, 0.2) is 0 Å². The molecular weight excluding hydrogens is 134 g/mol. The Bertz CT molecular complexity index is 102. The van der Waals surface area contributed by atoms with E-state index in [1.807, 2.05) is 25.9 Å². The van der Waals surface area contributed by atoms with E-state index in [0.717, 1.165) is 0 Å². The van der Waals surface area contributed by atoms with E-state index in [2.05, 4.69) is 17.5 Å². The molecule has 1 atom stereocenters. The molecule has 0 aliphatic carbocycles. The van der Waals surface area contributed by atoms with Crippen LogP contribution in [0.2, 0.25) is 0 Å². The molecule has 0 aromatic carbocycles. The number of nitrogens with one attached hydrogen (secondary N) is 1. The molecule has 3 N–H and O–H groups in total. The first-order valence-corrected chi connectivity index (χ1v) is 3.17. The van der Waals surface area contributed by atoms with Gasteiger partial charge in [0.05, 0.1) is 6.17 Å². The molecule has 0 heterocycles. The van der Waals surface area contributed by atoms with Gasteiger partial charge in [0.25, 0.3) is 0 Å². The van der Waals surface area contributed by atoms with E-state index >= 15 is 0 Å². The van der Waals surface area contributed by atoms with Gasteiger partial charge in [-0.1, -0.05) is 0 Å². The number of hydrogen-bond acceptors (Lipinski definition) is 2. The maximum atomic E-state index is 5.22. The summed E-state index contributed by atoms with van der Waals surface area (Å²) in [6.45, 7) is 1.99. The Morgan fingerprint density at radius 3 is 2.22 bits per heavy atom. The summed E-state index contributed by atoms with van der Waals surface area (Å²) < 4.78 is 0. The fourth-order valence-electron chi connectivity index (χ4n) is 0.335. The molecule has 0 rings (SSSR count). The predicted molar refractivity (Wildman–Crippen MR) is 43.1 cm³/mol. The van der Waals surface area contributed by atoms with E-state index in [1.54, 1.807) is 0 Å². The smallest absolute Gasteiger partial charge is 0.164 e. The van der Waals surface area contributed by atoms with Crippen LogP contribution in [-0.4, -0.2) is 30.3 Å². The normalized spacial score (nSPS) is 13.3. The average Bonchev–Trinajstić information content (AvgIpc) is 1.63. The summed E-state index contributed by atoms with van der Waals surface area (Å²) in [6.07, 6.45) is 0.211. The highest BCUT2D eigenvalue weighted by Gasteiger charge is 2.01. The molecule has 0 bridgehead atoms. The Morgan fingerprint density at radius 2 is 2.11 bits per heavy atom. The van der Waals surface area contributed by atoms with Gasteiger partial charge in [-0.05, 0) is 33.2 Å². The zero-order chi connectivity index (χ0) is 7.44. The Balaban J connectivity index is 3.50. The lowest BCUT2D eigenvalue weighted by Gasteiger charge is -2.20. The summed E-state index contributed by atoms with van der Waals surface area (Å²) in [5.74, 6) is 0. The quantitative estimate of drug-likeness (QED) is 0.416. The molecule has 0 aliphatic heterocycles. The molecule has 54 valence electrons. The summed E-state index contributed by atoms with van der Waals surface area (Å²) in [5.41, 5.74) is 5.22. The van der Waals surface area contributed by atoms with Gasteiger partial charge in [0.2, 0.25) is 0 Å². The standard InChI is InChI=1S/C5H13N3S/c1-4(8(2)3)7-5(6)9/h4H,1-3H3,(H3,6,7,9). The Kier molecular flexibility index (Phi) is 3.49. The number of hydrogen-bond donors (Lipinski definition) is 2. The van der Waals surface area contributed by atoms with Crippen LogP contribution < -0.4 is 11.1 Å². The van der Waals surface area contributed by atoms with Crippen molar-refractivity contribution in [3.63, 3.8) is 0 Å². The molecule has 0 saturated carbocycles. The van der Waals surface area contributed by atoms with Crippen molar-refractivity contribution in [1.29, 1.82) is 0 Å². The molecule has 0 aromatic heterocycles. The number of nitrogens with two attached hydrogens (primary N) is 1. The van der Waals surface area contributed by atoms with Gasteiger partial charge in [-0.3, -0.25) is 4.90 Å². The van der Waals surface area contributed by atoms with E-state index in [1.165, 1.54) is 0 Å². The largest absolute Gasteiger partial charge is 0.376 e. The van der Waals surface area contributed by atoms with Gasteiger partial charge in [-0.2, -0.15) is 0 Å². The first kappa shape index (κ1) is 8.65. The first-order chi connectivity index (χ1) is 4.04. The topological polar surface area (TPSA) is 41.3 Å². The van der Waals surface area contributed by atoms with Crippen LogP contribution in [0, 0.1) is 0 Å². The van der Waals surface area contributed by atoms with E-state index in [9.17, 15) is 0 Å². The molecular formula is C5H13N3S. The van der Waals surface area contributed by atoms with Gasteiger partial charge in [0, 0.05) is 0 Å². The van der Waals surface area contributed by atoms with E-state index in [0.29, 0.717) is 5.11 Å². The molecule has 0 aliphatic rings. The molecule has 4 heteroatoms. The van der Waals surface area contributed by atoms with E-state index < -0.39 is 0 Å². The molecule has 3 nitrogen and oxygen atoms in total. The van der Waals surface area contributed by atoms with Crippen LogP contribution in [0.1, 0.15) is 6.92 Å². The minimum atomic E-state index is 0.211. The predicted octanol–water partition coefficient (Wildman–Crippen LogP) is -0.273. The summed E-state index contributed by atoms with van der Waals surface area (Å²) >= 11 is 4.63. The SMILES string of the molecule is CC(NC(N)=S)N(C)C. The monoisotopic (exact) mass is 147 g/mol. The molecule has 0 aromatic rings. The maximum Gasteiger partial charge on any atom is 0.164 e. The van der Waals surface area contributed by atoms with Crippen molar-refractivity contribution in [2.24, 2.45) is 5.73 Å². The van der Waals surface area contributed by atoms with Gasteiger partial charge >= 0.3 is 0 Å². The lowest BCUT2D eigenvalue weighted by molar-refractivity contribution is 0.297. The zero-order valence-corrected chi connectivity index (χ0v) is 6.83. The van der Waals surface area contributed by atoms with Crippen LogP contribution >= 0.6 is 12.2 Å². The third-order valence-electron chi connectivity index (χ3n) is 1.13. The van der Waals surface area contributed by atoms with E-state index in [-0.39, 0.29) is 6.17 Å². The number of nitrogens with zero attached hydrogens (tertiary/aromatic N) is 1. The minimum Gasteiger partial charge on any atom is -0.376 e. The van der Waals surface area contributed by atoms with Crippen LogP contribution in [0.4, 0.5) is 0 Å². The highest BCUT2D eigenvalue weighted by Crippen LogP contribution is 1.83. The third-order valence-corrected chi connectivity index (χ3v) is 1.24. The van der Waals surface area contributed by atoms with Gasteiger partial charge in [-0.25, -0.2) is 0 Å². The molecule has 0 spiro atoms. The second-order valence-electron chi connectivity index (χ2n) is 2.15. The summed E-state index contributed by atoms with van der Waals surface area (Å²) in [7, 11) is 3.91. The Morgan fingerprint density at radius 1 is 1.67 bits per heavy atom. The highest BCUT2D eigenvalue weighted by molar-refractivity contribution is 7.80. The maximum absolute atomic E-state index is 5.22. The molecule has 0 radical (unpaired) electrons. The summed E-state index contributed by atoms with van der Waals surface area (Å²) in [4.78, 5) is 1.99. The van der Waals surface area contributed by atoms with Crippen molar-refractivity contribution in [2.45, 2.75) is 13.1 Å². The average molecular weight is 147 g/mol. The molecule has 0 fully saturated rings. The zero-order valence-electron chi connectivity index (χ0n) is 6.01. The summed E-state index contributed by atoms with van der Waals surface area (Å²) in [5, 5.41) is 3.22. The van der Waals surface area contributed by atoms with E-state index in [4.69, 9.17) is 5.73 Å². The van der Waals surface area contributed by atoms with Gasteiger partial charge in [-0.15, -0.1) is 0 Å². The van der Waals surface area contributed by atoms with Crippen molar-refractivity contribution in [3.8, 4) is 0 Å². The van der Waals surface area contributed by atoms with Crippen molar-refractivity contribution >= 4 is 17.3 Å². The molecule has 1 unspecified atom stereocenters. The Hall–Kier alpha value is -0.350. The summed E-state index contributed by atoms with van der Waals surface area (Å²) in [6, 6.07) is 0. The van der Waals surface area contributed by atoms with Crippen LogP contribution in [0.3, 0.4) is 0 Å². The van der Waals surface area contributed by atoms with Crippen molar-refractivity contribution in [2.75, 3.05) is 14.1 Å². The van der Waals surface area contributed by atoms with Crippen molar-refractivity contribution in [1.82, 2.24) is 10.2 Å². The van der Waals surface area contributed by atoms with Crippen molar-refractivity contribution in [3.05, 3.63) is 0 Å².